The highest BCUT2D eigenvalue weighted by Crippen LogP contribution is 2.37. The molecule has 1 saturated heterocycles. The van der Waals surface area contributed by atoms with Gasteiger partial charge >= 0.3 is 0 Å². The summed E-state index contributed by atoms with van der Waals surface area (Å²) in [6, 6.07) is 24.2. The number of nitrogens with zero attached hydrogens (tertiary/aromatic N) is 1. The zero-order chi connectivity index (χ0) is 28.2. The van der Waals surface area contributed by atoms with E-state index in [2.05, 4.69) is 58.7 Å². The topological polar surface area (TPSA) is 80.3 Å². The number of carbonyl (C=O) groups is 1. The van der Waals surface area contributed by atoms with Gasteiger partial charge in [0.2, 0.25) is 11.7 Å². The Labute approximate surface area is 236 Å². The number of ether oxygens (including phenoxy) is 3. The van der Waals surface area contributed by atoms with E-state index in [4.69, 9.17) is 14.2 Å². The summed E-state index contributed by atoms with van der Waals surface area (Å²) in [5.41, 5.74) is 3.12. The molecule has 0 radical (unpaired) electrons. The number of hydrogen-bond donors (Lipinski definition) is 2. The average Bonchev–Trinajstić information content (AvgIpc) is 3.00. The van der Waals surface area contributed by atoms with Crippen LogP contribution in [0.15, 0.2) is 91.0 Å². The molecule has 0 atom stereocenters. The first-order valence-electron chi connectivity index (χ1n) is 13.6. The average molecular weight is 543 g/mol. The van der Waals surface area contributed by atoms with Crippen molar-refractivity contribution in [1.29, 1.82) is 0 Å². The maximum Gasteiger partial charge on any atom is 0.244 e. The van der Waals surface area contributed by atoms with Crippen LogP contribution in [0.25, 0.3) is 6.08 Å². The summed E-state index contributed by atoms with van der Waals surface area (Å²) in [6.07, 6.45) is 8.78. The Bertz CT molecular complexity index is 1200. The monoisotopic (exact) mass is 542 g/mol. The maximum atomic E-state index is 12.2. The smallest absolute Gasteiger partial charge is 0.244 e. The number of rotatable bonds is 12. The van der Waals surface area contributed by atoms with Crippen LogP contribution in [0.3, 0.4) is 0 Å². The summed E-state index contributed by atoms with van der Waals surface area (Å²) in [7, 11) is 2.96. The van der Waals surface area contributed by atoms with Crippen LogP contribution < -0.4 is 14.8 Å². The van der Waals surface area contributed by atoms with Gasteiger partial charge in [-0.2, -0.15) is 0 Å². The highest BCUT2D eigenvalue weighted by atomic mass is 16.5. The fourth-order valence-corrected chi connectivity index (χ4v) is 4.78. The molecule has 0 aliphatic carbocycles. The Balaban J connectivity index is 1.19. The summed E-state index contributed by atoms with van der Waals surface area (Å²) in [6.45, 7) is 3.27. The second kappa shape index (κ2) is 14.9. The zero-order valence-electron chi connectivity index (χ0n) is 23.2. The second-order valence-electron chi connectivity index (χ2n) is 9.66. The van der Waals surface area contributed by atoms with Gasteiger partial charge < -0.3 is 29.5 Å². The molecule has 0 spiro atoms. The molecule has 3 aromatic carbocycles. The Morgan fingerprint density at radius 1 is 0.950 bits per heavy atom. The van der Waals surface area contributed by atoms with Crippen molar-refractivity contribution in [3.63, 3.8) is 0 Å². The molecular weight excluding hydrogens is 504 g/mol. The van der Waals surface area contributed by atoms with Gasteiger partial charge in [0.05, 0.1) is 20.3 Å². The molecule has 1 heterocycles. The Morgan fingerprint density at radius 3 is 2.08 bits per heavy atom. The number of amides is 1. The molecule has 0 unspecified atom stereocenters. The quantitative estimate of drug-likeness (QED) is 0.237. The van der Waals surface area contributed by atoms with E-state index >= 15 is 0 Å². The number of nitrogens with one attached hydrogen (secondary N) is 1. The number of carbonyl (C=O) groups excluding carboxylic acids is 1. The minimum absolute atomic E-state index is 0.0441. The van der Waals surface area contributed by atoms with Crippen molar-refractivity contribution < 1.29 is 24.1 Å². The van der Waals surface area contributed by atoms with Gasteiger partial charge in [-0.3, -0.25) is 4.79 Å². The van der Waals surface area contributed by atoms with Crippen LogP contribution in [0.5, 0.6) is 17.2 Å². The first kappa shape index (κ1) is 28.9. The summed E-state index contributed by atoms with van der Waals surface area (Å²) >= 11 is 0. The SMILES string of the molecule is COc1cc(/C=C/C=C/C(=O)NCCN2CCC(OC(c3ccccc3)c3ccccc3)CC2)cc(OC)c1O. The van der Waals surface area contributed by atoms with Gasteiger partial charge in [-0.1, -0.05) is 78.9 Å². The van der Waals surface area contributed by atoms with E-state index < -0.39 is 0 Å². The lowest BCUT2D eigenvalue weighted by Gasteiger charge is -2.34. The normalized spacial score (nSPS) is 14.7. The van der Waals surface area contributed by atoms with E-state index in [0.29, 0.717) is 18.0 Å². The number of phenolic OH excluding ortho intramolecular Hbond substituents is 1. The molecule has 40 heavy (non-hydrogen) atoms. The van der Waals surface area contributed by atoms with Crippen molar-refractivity contribution in [3.05, 3.63) is 108 Å². The summed E-state index contributed by atoms with van der Waals surface area (Å²) in [5.74, 6) is 0.460. The Morgan fingerprint density at radius 2 is 1.52 bits per heavy atom. The van der Waals surface area contributed by atoms with Crippen LogP contribution in [0.4, 0.5) is 0 Å². The van der Waals surface area contributed by atoms with Gasteiger partial charge in [-0.25, -0.2) is 0 Å². The molecule has 1 aliphatic heterocycles. The minimum atomic E-state index is -0.141. The van der Waals surface area contributed by atoms with E-state index in [1.807, 2.05) is 12.1 Å². The Kier molecular flexibility index (Phi) is 10.8. The van der Waals surface area contributed by atoms with Crippen LogP contribution >= 0.6 is 0 Å². The van der Waals surface area contributed by atoms with Crippen molar-refractivity contribution in [3.8, 4) is 17.2 Å². The number of likely N-dealkylation sites (tertiary alicyclic amines) is 1. The van der Waals surface area contributed by atoms with Gasteiger partial charge in [0.1, 0.15) is 6.10 Å². The number of phenols is 1. The molecule has 0 saturated carbocycles. The predicted octanol–water partition coefficient (Wildman–Crippen LogP) is 5.37. The van der Waals surface area contributed by atoms with Crippen LogP contribution in [-0.4, -0.2) is 62.4 Å². The summed E-state index contributed by atoms with van der Waals surface area (Å²) < 4.78 is 17.0. The third kappa shape index (κ3) is 8.21. The molecule has 3 aromatic rings. The van der Waals surface area contributed by atoms with Gasteiger partial charge in [0.25, 0.3) is 0 Å². The predicted molar refractivity (Wildman–Crippen MR) is 158 cm³/mol. The molecule has 210 valence electrons. The van der Waals surface area contributed by atoms with E-state index in [0.717, 1.165) is 38.0 Å². The minimum Gasteiger partial charge on any atom is -0.502 e. The fraction of sp³-hybridized carbons (Fsp3) is 0.303. The third-order valence-corrected chi connectivity index (χ3v) is 6.94. The van der Waals surface area contributed by atoms with Crippen molar-refractivity contribution in [2.24, 2.45) is 0 Å². The largest absolute Gasteiger partial charge is 0.502 e. The fourth-order valence-electron chi connectivity index (χ4n) is 4.78. The molecular formula is C33H38N2O5. The Hall–Kier alpha value is -4.07. The molecule has 7 heteroatoms. The van der Waals surface area contributed by atoms with Crippen LogP contribution in [0.1, 0.15) is 35.6 Å². The van der Waals surface area contributed by atoms with Crippen LogP contribution in [0.2, 0.25) is 0 Å². The first-order chi connectivity index (χ1) is 19.6. The number of aromatic hydroxyl groups is 1. The standard InChI is InChI=1S/C33H38N2O5/c1-38-29-23-25(24-30(39-2)32(29)37)11-9-10-16-31(36)34-19-22-35-20-17-28(18-21-35)40-33(26-12-5-3-6-13-26)27-14-7-4-8-15-27/h3-16,23-24,28,33,37H,17-22H2,1-2H3,(H,34,36)/b11-9+,16-10+. The van der Waals surface area contributed by atoms with Gasteiger partial charge in [-0.05, 0) is 41.7 Å². The highest BCUT2D eigenvalue weighted by Gasteiger charge is 2.24. The number of piperidine rings is 1. The van der Waals surface area contributed by atoms with Crippen molar-refractivity contribution >= 4 is 12.0 Å². The lowest BCUT2D eigenvalue weighted by molar-refractivity contribution is -0.116. The van der Waals surface area contributed by atoms with Crippen molar-refractivity contribution in [1.82, 2.24) is 10.2 Å². The van der Waals surface area contributed by atoms with Crippen LogP contribution in [-0.2, 0) is 9.53 Å². The molecule has 0 bridgehead atoms. The van der Waals surface area contributed by atoms with Gasteiger partial charge in [0, 0.05) is 32.3 Å². The second-order valence-corrected chi connectivity index (χ2v) is 9.66. The van der Waals surface area contributed by atoms with Crippen molar-refractivity contribution in [2.45, 2.75) is 25.0 Å². The van der Waals surface area contributed by atoms with Gasteiger partial charge in [-0.15, -0.1) is 0 Å². The van der Waals surface area contributed by atoms with E-state index in [-0.39, 0.29) is 23.9 Å². The summed E-state index contributed by atoms with van der Waals surface area (Å²) in [4.78, 5) is 14.6. The first-order valence-corrected chi connectivity index (χ1v) is 13.6. The third-order valence-electron chi connectivity index (χ3n) is 6.94. The highest BCUT2D eigenvalue weighted by molar-refractivity contribution is 5.87. The van der Waals surface area contributed by atoms with E-state index in [9.17, 15) is 9.90 Å². The van der Waals surface area contributed by atoms with Crippen LogP contribution in [0, 0.1) is 0 Å². The van der Waals surface area contributed by atoms with E-state index in [1.54, 1.807) is 30.4 Å². The number of allylic oxidation sites excluding steroid dienone is 2. The molecule has 7 nitrogen and oxygen atoms in total. The number of hydrogen-bond acceptors (Lipinski definition) is 6. The lowest BCUT2D eigenvalue weighted by atomic mass is 10.00. The van der Waals surface area contributed by atoms with Gasteiger partial charge in [0.15, 0.2) is 11.5 Å². The number of methoxy groups -OCH3 is 2. The molecule has 1 aliphatic rings. The molecule has 1 fully saturated rings. The summed E-state index contributed by atoms with van der Waals surface area (Å²) in [5, 5.41) is 13.0. The van der Waals surface area contributed by atoms with E-state index in [1.165, 1.54) is 31.4 Å². The molecule has 1 amide bonds. The molecule has 4 rings (SSSR count). The van der Waals surface area contributed by atoms with Crippen molar-refractivity contribution in [2.75, 3.05) is 40.4 Å². The number of benzene rings is 3. The molecule has 0 aromatic heterocycles. The zero-order valence-corrected chi connectivity index (χ0v) is 23.2. The maximum absolute atomic E-state index is 12.2. The molecule has 2 N–H and O–H groups in total. The lowest BCUT2D eigenvalue weighted by Crippen LogP contribution is -2.41.